The maximum Gasteiger partial charge on any atom is 0.257 e. The van der Waals surface area contributed by atoms with Crippen LogP contribution in [0.4, 0.5) is 5.69 Å². The molecule has 0 aliphatic heterocycles. The number of thiocarbonyl (C=S) groups is 1. The van der Waals surface area contributed by atoms with Gasteiger partial charge >= 0.3 is 0 Å². The molecule has 2 N–H and O–H groups in total. The molecular weight excluding hydrogens is 360 g/mol. The van der Waals surface area contributed by atoms with E-state index in [1.165, 1.54) is 5.56 Å². The molecule has 0 heterocycles. The normalized spacial score (nSPS) is 10.1. The Morgan fingerprint density at radius 2 is 1.91 bits per heavy atom. The number of rotatable bonds is 4. The van der Waals surface area contributed by atoms with Crippen molar-refractivity contribution in [3.05, 3.63) is 64.1 Å². The monoisotopic (exact) mass is 376 g/mol. The molecule has 0 aliphatic carbocycles. The first-order valence-corrected chi connectivity index (χ1v) is 8.26. The summed E-state index contributed by atoms with van der Waals surface area (Å²) in [6.07, 6.45) is 2.14. The molecule has 3 nitrogen and oxygen atoms in total. The number of benzene rings is 2. The zero-order valence-corrected chi connectivity index (χ0v) is 14.6. The van der Waals surface area contributed by atoms with Crippen LogP contribution in [-0.2, 0) is 6.42 Å². The molecule has 5 heteroatoms. The van der Waals surface area contributed by atoms with Gasteiger partial charge in [0.05, 0.1) is 5.69 Å². The Labute approximate surface area is 144 Å². The summed E-state index contributed by atoms with van der Waals surface area (Å²) in [6.45, 7) is 2.15. The molecule has 0 radical (unpaired) electrons. The SMILES string of the molecule is CCCc1ccc(NC(=S)NC(=O)c2ccccc2)c(Br)c1. The summed E-state index contributed by atoms with van der Waals surface area (Å²) in [6, 6.07) is 15.0. The number of nitrogens with one attached hydrogen (secondary N) is 2. The Balaban J connectivity index is 1.99. The minimum Gasteiger partial charge on any atom is -0.331 e. The molecule has 2 aromatic carbocycles. The van der Waals surface area contributed by atoms with Gasteiger partial charge in [0.15, 0.2) is 5.11 Å². The molecule has 1 amide bonds. The van der Waals surface area contributed by atoms with Gasteiger partial charge in [0.2, 0.25) is 0 Å². The van der Waals surface area contributed by atoms with Crippen molar-refractivity contribution in [2.24, 2.45) is 0 Å². The summed E-state index contributed by atoms with van der Waals surface area (Å²) in [5, 5.41) is 5.98. The zero-order chi connectivity index (χ0) is 15.9. The van der Waals surface area contributed by atoms with Gasteiger partial charge < -0.3 is 5.32 Å². The van der Waals surface area contributed by atoms with Crippen LogP contribution in [0.2, 0.25) is 0 Å². The van der Waals surface area contributed by atoms with Crippen LogP contribution in [0.5, 0.6) is 0 Å². The van der Waals surface area contributed by atoms with E-state index in [0.717, 1.165) is 23.0 Å². The number of aryl methyl sites for hydroxylation is 1. The smallest absolute Gasteiger partial charge is 0.257 e. The van der Waals surface area contributed by atoms with Crippen LogP contribution >= 0.6 is 28.1 Å². The minimum absolute atomic E-state index is 0.225. The van der Waals surface area contributed by atoms with E-state index in [2.05, 4.69) is 45.6 Å². The standard InChI is InChI=1S/C17H17BrN2OS/c1-2-6-12-9-10-15(14(18)11-12)19-17(22)20-16(21)13-7-4-3-5-8-13/h3-5,7-11H,2,6H2,1H3,(H2,19,20,21,22). The fourth-order valence-electron chi connectivity index (χ4n) is 2.02. The van der Waals surface area contributed by atoms with Crippen molar-refractivity contribution in [2.75, 3.05) is 5.32 Å². The number of hydrogen-bond donors (Lipinski definition) is 2. The van der Waals surface area contributed by atoms with Crippen LogP contribution in [0.15, 0.2) is 53.0 Å². The molecule has 2 rings (SSSR count). The second kappa shape index (κ2) is 8.06. The average molecular weight is 377 g/mol. The summed E-state index contributed by atoms with van der Waals surface area (Å²) in [5.74, 6) is -0.225. The van der Waals surface area contributed by atoms with Gasteiger partial charge in [-0.2, -0.15) is 0 Å². The second-order valence-electron chi connectivity index (χ2n) is 4.84. The van der Waals surface area contributed by atoms with Crippen molar-refractivity contribution in [3.8, 4) is 0 Å². The Morgan fingerprint density at radius 3 is 2.55 bits per heavy atom. The number of halogens is 1. The zero-order valence-electron chi connectivity index (χ0n) is 12.2. The van der Waals surface area contributed by atoms with Crippen LogP contribution in [0.1, 0.15) is 29.3 Å². The number of amides is 1. The highest BCUT2D eigenvalue weighted by molar-refractivity contribution is 9.10. The lowest BCUT2D eigenvalue weighted by Crippen LogP contribution is -2.34. The molecule has 0 unspecified atom stereocenters. The predicted octanol–water partition coefficient (Wildman–Crippen LogP) is 4.53. The molecule has 22 heavy (non-hydrogen) atoms. The molecule has 0 aromatic heterocycles. The molecule has 0 saturated heterocycles. The van der Waals surface area contributed by atoms with Gasteiger partial charge in [0, 0.05) is 10.0 Å². The molecule has 0 fully saturated rings. The van der Waals surface area contributed by atoms with E-state index >= 15 is 0 Å². The van der Waals surface area contributed by atoms with Crippen LogP contribution in [-0.4, -0.2) is 11.0 Å². The van der Waals surface area contributed by atoms with E-state index in [4.69, 9.17) is 12.2 Å². The third kappa shape index (κ3) is 4.64. The van der Waals surface area contributed by atoms with Gasteiger partial charge in [-0.05, 0) is 64.4 Å². The lowest BCUT2D eigenvalue weighted by atomic mass is 10.1. The fourth-order valence-corrected chi connectivity index (χ4v) is 2.75. The Morgan fingerprint density at radius 1 is 1.18 bits per heavy atom. The topological polar surface area (TPSA) is 41.1 Å². The van der Waals surface area contributed by atoms with E-state index in [-0.39, 0.29) is 11.0 Å². The first kappa shape index (κ1) is 16.6. The Bertz CT molecular complexity index is 674. The molecule has 0 atom stereocenters. The summed E-state index contributed by atoms with van der Waals surface area (Å²) in [5.41, 5.74) is 2.67. The third-order valence-electron chi connectivity index (χ3n) is 3.08. The number of carbonyl (C=O) groups is 1. The van der Waals surface area contributed by atoms with E-state index in [1.807, 2.05) is 24.3 Å². The lowest BCUT2D eigenvalue weighted by Gasteiger charge is -2.12. The minimum atomic E-state index is -0.225. The van der Waals surface area contributed by atoms with E-state index in [9.17, 15) is 4.79 Å². The van der Waals surface area contributed by atoms with Crippen molar-refractivity contribution in [3.63, 3.8) is 0 Å². The van der Waals surface area contributed by atoms with E-state index in [0.29, 0.717) is 5.56 Å². The summed E-state index contributed by atoms with van der Waals surface area (Å²) in [4.78, 5) is 12.0. The number of hydrogen-bond acceptors (Lipinski definition) is 2. The Kier molecular flexibility index (Phi) is 6.10. The number of anilines is 1. The van der Waals surface area contributed by atoms with E-state index in [1.54, 1.807) is 12.1 Å². The maximum absolute atomic E-state index is 12.0. The number of carbonyl (C=O) groups excluding carboxylic acids is 1. The van der Waals surface area contributed by atoms with Crippen LogP contribution < -0.4 is 10.6 Å². The van der Waals surface area contributed by atoms with Crippen molar-refractivity contribution < 1.29 is 4.79 Å². The third-order valence-corrected chi connectivity index (χ3v) is 3.94. The highest BCUT2D eigenvalue weighted by Crippen LogP contribution is 2.24. The maximum atomic E-state index is 12.0. The Hall–Kier alpha value is -1.72. The van der Waals surface area contributed by atoms with Gasteiger partial charge in [0.1, 0.15) is 0 Å². The first-order valence-electron chi connectivity index (χ1n) is 7.06. The molecule has 0 bridgehead atoms. The van der Waals surface area contributed by atoms with Crippen molar-refractivity contribution in [2.45, 2.75) is 19.8 Å². The molecule has 2 aromatic rings. The van der Waals surface area contributed by atoms with Crippen molar-refractivity contribution >= 4 is 44.9 Å². The van der Waals surface area contributed by atoms with Gasteiger partial charge in [-0.15, -0.1) is 0 Å². The highest BCUT2D eigenvalue weighted by Gasteiger charge is 2.08. The lowest BCUT2D eigenvalue weighted by molar-refractivity contribution is 0.0977. The molecule has 0 spiro atoms. The van der Waals surface area contributed by atoms with Crippen LogP contribution in [0, 0.1) is 0 Å². The second-order valence-corrected chi connectivity index (χ2v) is 6.10. The first-order chi connectivity index (χ1) is 10.6. The van der Waals surface area contributed by atoms with Crippen LogP contribution in [0.3, 0.4) is 0 Å². The van der Waals surface area contributed by atoms with Crippen molar-refractivity contribution in [1.29, 1.82) is 0 Å². The van der Waals surface area contributed by atoms with Crippen molar-refractivity contribution in [1.82, 2.24) is 5.32 Å². The molecular formula is C17H17BrN2OS. The summed E-state index contributed by atoms with van der Waals surface area (Å²) < 4.78 is 0.926. The van der Waals surface area contributed by atoms with Crippen LogP contribution in [0.25, 0.3) is 0 Å². The largest absolute Gasteiger partial charge is 0.331 e. The predicted molar refractivity (Wildman–Crippen MR) is 98.3 cm³/mol. The van der Waals surface area contributed by atoms with Gasteiger partial charge in [-0.3, -0.25) is 10.1 Å². The summed E-state index contributed by atoms with van der Waals surface area (Å²) >= 11 is 8.71. The molecule has 0 saturated carbocycles. The summed E-state index contributed by atoms with van der Waals surface area (Å²) in [7, 11) is 0. The van der Waals surface area contributed by atoms with Gasteiger partial charge in [-0.1, -0.05) is 37.6 Å². The average Bonchev–Trinajstić information content (AvgIpc) is 2.51. The molecule has 114 valence electrons. The highest BCUT2D eigenvalue weighted by atomic mass is 79.9. The van der Waals surface area contributed by atoms with Gasteiger partial charge in [0.25, 0.3) is 5.91 Å². The quantitative estimate of drug-likeness (QED) is 0.770. The van der Waals surface area contributed by atoms with Gasteiger partial charge in [-0.25, -0.2) is 0 Å². The molecule has 0 aliphatic rings. The fraction of sp³-hybridized carbons (Fsp3) is 0.176. The van der Waals surface area contributed by atoms with E-state index < -0.39 is 0 Å².